The van der Waals surface area contributed by atoms with Crippen molar-refractivity contribution in [2.75, 3.05) is 6.61 Å². The van der Waals surface area contributed by atoms with Gasteiger partial charge in [-0.2, -0.15) is 5.26 Å². The lowest BCUT2D eigenvalue weighted by Crippen LogP contribution is -2.14. The van der Waals surface area contributed by atoms with E-state index in [0.29, 0.717) is 13.0 Å². The van der Waals surface area contributed by atoms with Gasteiger partial charge in [0.1, 0.15) is 5.75 Å². The van der Waals surface area contributed by atoms with E-state index in [1.165, 1.54) is 0 Å². The molecule has 0 bridgehead atoms. The van der Waals surface area contributed by atoms with E-state index in [0.717, 1.165) is 22.1 Å². The number of hydrogen-bond donors (Lipinski definition) is 1. The fraction of sp³-hybridized carbons (Fsp3) is 0.389. The Morgan fingerprint density at radius 1 is 1.24 bits per heavy atom. The molecule has 0 spiro atoms. The summed E-state index contributed by atoms with van der Waals surface area (Å²) in [6, 6.07) is 14.1. The van der Waals surface area contributed by atoms with Crippen LogP contribution in [0.4, 0.5) is 0 Å². The molecule has 1 atom stereocenters. The molecular weight excluding hydrogens is 262 g/mol. The average Bonchev–Trinajstić information content (AvgIpc) is 2.47. The Balaban J connectivity index is 2.32. The van der Waals surface area contributed by atoms with E-state index in [2.05, 4.69) is 6.07 Å². The van der Waals surface area contributed by atoms with Gasteiger partial charge in [0.2, 0.25) is 0 Å². The number of aliphatic hydroxyl groups is 1. The largest absolute Gasteiger partial charge is 0.492 e. The highest BCUT2D eigenvalue weighted by molar-refractivity contribution is 5.89. The fourth-order valence-electron chi connectivity index (χ4n) is 2.21. The van der Waals surface area contributed by atoms with Crippen LogP contribution in [0.2, 0.25) is 0 Å². The summed E-state index contributed by atoms with van der Waals surface area (Å²) in [5, 5.41) is 21.1. The van der Waals surface area contributed by atoms with Gasteiger partial charge in [0.05, 0.1) is 24.2 Å². The Bertz CT molecular complexity index is 668. The molecule has 2 aromatic carbocycles. The van der Waals surface area contributed by atoms with Gasteiger partial charge in [0.25, 0.3) is 0 Å². The molecule has 21 heavy (non-hydrogen) atoms. The second-order valence-corrected chi connectivity index (χ2v) is 5.98. The molecular formula is C18H21NO2. The maximum absolute atomic E-state index is 9.94. The minimum Gasteiger partial charge on any atom is -0.492 e. The highest BCUT2D eigenvalue weighted by Gasteiger charge is 2.18. The van der Waals surface area contributed by atoms with Gasteiger partial charge in [-0.25, -0.2) is 0 Å². The van der Waals surface area contributed by atoms with Crippen LogP contribution in [0.3, 0.4) is 0 Å². The lowest BCUT2D eigenvalue weighted by atomic mass is 9.92. The van der Waals surface area contributed by atoms with E-state index in [4.69, 9.17) is 10.00 Å². The van der Waals surface area contributed by atoms with Gasteiger partial charge in [-0.1, -0.05) is 36.4 Å². The lowest BCUT2D eigenvalue weighted by molar-refractivity contribution is 0.189. The van der Waals surface area contributed by atoms with Crippen LogP contribution in [-0.2, 0) is 0 Å². The van der Waals surface area contributed by atoms with Crippen LogP contribution in [0.15, 0.2) is 36.4 Å². The van der Waals surface area contributed by atoms with Gasteiger partial charge in [0.15, 0.2) is 0 Å². The van der Waals surface area contributed by atoms with Gasteiger partial charge in [-0.3, -0.25) is 0 Å². The van der Waals surface area contributed by atoms with Crippen molar-refractivity contribution in [3.63, 3.8) is 0 Å². The third-order valence-corrected chi connectivity index (χ3v) is 3.64. The monoisotopic (exact) mass is 283 g/mol. The first-order valence-electron chi connectivity index (χ1n) is 7.18. The van der Waals surface area contributed by atoms with Crippen LogP contribution in [0.5, 0.6) is 5.75 Å². The number of fused-ring (bicyclic) bond motifs is 1. The van der Waals surface area contributed by atoms with E-state index >= 15 is 0 Å². The van der Waals surface area contributed by atoms with E-state index in [9.17, 15) is 5.11 Å². The SMILES string of the molecule is CC(O)c1ccc2ccccc2c1OCCC(C)(C)C#N. The number of hydrogen-bond acceptors (Lipinski definition) is 3. The summed E-state index contributed by atoms with van der Waals surface area (Å²) in [4.78, 5) is 0. The quantitative estimate of drug-likeness (QED) is 0.894. The van der Waals surface area contributed by atoms with Gasteiger partial charge in [-0.05, 0) is 32.6 Å². The predicted molar refractivity (Wildman–Crippen MR) is 84.1 cm³/mol. The lowest BCUT2D eigenvalue weighted by Gasteiger charge is -2.19. The molecule has 2 rings (SSSR count). The van der Waals surface area contributed by atoms with Crippen molar-refractivity contribution in [3.05, 3.63) is 42.0 Å². The van der Waals surface area contributed by atoms with Crippen LogP contribution in [0.25, 0.3) is 10.8 Å². The number of benzene rings is 2. The van der Waals surface area contributed by atoms with Crippen molar-refractivity contribution >= 4 is 10.8 Å². The number of nitrogens with zero attached hydrogens (tertiary/aromatic N) is 1. The maximum Gasteiger partial charge on any atom is 0.132 e. The molecule has 0 saturated heterocycles. The molecule has 0 fully saturated rings. The molecule has 0 amide bonds. The Hall–Kier alpha value is -2.05. The summed E-state index contributed by atoms with van der Waals surface area (Å²) in [5.41, 5.74) is 0.374. The summed E-state index contributed by atoms with van der Waals surface area (Å²) in [7, 11) is 0. The zero-order valence-electron chi connectivity index (χ0n) is 12.8. The summed E-state index contributed by atoms with van der Waals surface area (Å²) in [6.07, 6.45) is 0.0555. The Morgan fingerprint density at radius 3 is 2.62 bits per heavy atom. The molecule has 0 aliphatic heterocycles. The molecule has 1 unspecified atom stereocenters. The zero-order chi connectivity index (χ0) is 15.5. The number of ether oxygens (including phenoxy) is 1. The fourth-order valence-corrected chi connectivity index (χ4v) is 2.21. The van der Waals surface area contributed by atoms with Crippen LogP contribution < -0.4 is 4.74 Å². The summed E-state index contributed by atoms with van der Waals surface area (Å²) >= 11 is 0. The molecule has 3 heteroatoms. The van der Waals surface area contributed by atoms with Crippen molar-refractivity contribution in [2.45, 2.75) is 33.3 Å². The minimum absolute atomic E-state index is 0.407. The van der Waals surface area contributed by atoms with Crippen molar-refractivity contribution < 1.29 is 9.84 Å². The topological polar surface area (TPSA) is 53.2 Å². The molecule has 3 nitrogen and oxygen atoms in total. The molecule has 2 aromatic rings. The third kappa shape index (κ3) is 3.53. The highest BCUT2D eigenvalue weighted by Crippen LogP contribution is 2.34. The average molecular weight is 283 g/mol. The van der Waals surface area contributed by atoms with E-state index < -0.39 is 11.5 Å². The third-order valence-electron chi connectivity index (χ3n) is 3.64. The second kappa shape index (κ2) is 6.15. The summed E-state index contributed by atoms with van der Waals surface area (Å²) < 4.78 is 5.94. The van der Waals surface area contributed by atoms with Crippen LogP contribution in [0, 0.1) is 16.7 Å². The van der Waals surface area contributed by atoms with E-state index in [1.54, 1.807) is 6.92 Å². The van der Waals surface area contributed by atoms with Crippen molar-refractivity contribution in [1.82, 2.24) is 0 Å². The Kier molecular flexibility index (Phi) is 4.50. The van der Waals surface area contributed by atoms with E-state index in [-0.39, 0.29) is 0 Å². The van der Waals surface area contributed by atoms with Crippen molar-refractivity contribution in [2.24, 2.45) is 5.41 Å². The first-order valence-corrected chi connectivity index (χ1v) is 7.18. The molecule has 0 aliphatic rings. The summed E-state index contributed by atoms with van der Waals surface area (Å²) in [5.74, 6) is 0.719. The standard InChI is InChI=1S/C18H21NO2/c1-13(20)15-9-8-14-6-4-5-7-16(14)17(15)21-11-10-18(2,3)12-19/h4-9,13,20H,10-11H2,1-3H3. The Morgan fingerprint density at radius 2 is 1.95 bits per heavy atom. The smallest absolute Gasteiger partial charge is 0.132 e. The van der Waals surface area contributed by atoms with Crippen molar-refractivity contribution in [1.29, 1.82) is 5.26 Å². The minimum atomic E-state index is -0.589. The number of aliphatic hydroxyl groups excluding tert-OH is 1. The molecule has 0 radical (unpaired) electrons. The van der Waals surface area contributed by atoms with Crippen molar-refractivity contribution in [3.8, 4) is 11.8 Å². The second-order valence-electron chi connectivity index (χ2n) is 5.98. The normalized spacial score (nSPS) is 12.9. The highest BCUT2D eigenvalue weighted by atomic mass is 16.5. The molecule has 0 aliphatic carbocycles. The first-order chi connectivity index (χ1) is 9.94. The first kappa shape index (κ1) is 15.3. The van der Waals surface area contributed by atoms with Crippen LogP contribution in [0.1, 0.15) is 38.9 Å². The maximum atomic E-state index is 9.94. The molecule has 0 saturated carbocycles. The molecule has 0 aromatic heterocycles. The van der Waals surface area contributed by atoms with Crippen LogP contribution in [-0.4, -0.2) is 11.7 Å². The van der Waals surface area contributed by atoms with Crippen LogP contribution >= 0.6 is 0 Å². The summed E-state index contributed by atoms with van der Waals surface area (Å²) in [6.45, 7) is 5.98. The molecule has 110 valence electrons. The Labute approximate surface area is 125 Å². The zero-order valence-corrected chi connectivity index (χ0v) is 12.8. The van der Waals surface area contributed by atoms with E-state index in [1.807, 2.05) is 50.2 Å². The predicted octanol–water partition coefficient (Wildman–Crippen LogP) is 4.21. The number of rotatable bonds is 5. The number of nitriles is 1. The molecule has 1 N–H and O–H groups in total. The molecule has 0 heterocycles. The van der Waals surface area contributed by atoms with Gasteiger partial charge in [0, 0.05) is 10.9 Å². The van der Waals surface area contributed by atoms with Gasteiger partial charge >= 0.3 is 0 Å². The van der Waals surface area contributed by atoms with Gasteiger partial charge in [-0.15, -0.1) is 0 Å². The van der Waals surface area contributed by atoms with Gasteiger partial charge < -0.3 is 9.84 Å².